The van der Waals surface area contributed by atoms with Crippen LogP contribution in [0.25, 0.3) is 11.6 Å². The molecule has 0 aliphatic carbocycles. The van der Waals surface area contributed by atoms with E-state index in [1.54, 1.807) is 0 Å². The summed E-state index contributed by atoms with van der Waals surface area (Å²) >= 11 is 0. The third kappa shape index (κ3) is 2.71. The average Bonchev–Trinajstić information content (AvgIpc) is 2.65. The van der Waals surface area contributed by atoms with Crippen molar-refractivity contribution in [2.75, 3.05) is 0 Å². The van der Waals surface area contributed by atoms with Gasteiger partial charge in [-0.3, -0.25) is 4.79 Å². The Morgan fingerprint density at radius 3 is 2.50 bits per heavy atom. The maximum Gasteiger partial charge on any atom is 0.176 e. The lowest BCUT2D eigenvalue weighted by molar-refractivity contribution is 0.0720. The summed E-state index contributed by atoms with van der Waals surface area (Å²) in [4.78, 5) is 13.0. The lowest BCUT2D eigenvalue weighted by atomic mass is 9.84. The molecule has 28 heavy (non-hydrogen) atoms. The molecule has 1 N–H and O–H groups in total. The highest BCUT2D eigenvalue weighted by Crippen LogP contribution is 2.52. The Kier molecular flexibility index (Phi) is 4.11. The van der Waals surface area contributed by atoms with Gasteiger partial charge in [0.1, 0.15) is 34.5 Å². The molecule has 0 bridgehead atoms. The van der Waals surface area contributed by atoms with E-state index in [4.69, 9.17) is 9.47 Å². The number of hydrogen-bond donors (Lipinski definition) is 1. The van der Waals surface area contributed by atoms with Gasteiger partial charge >= 0.3 is 0 Å². The summed E-state index contributed by atoms with van der Waals surface area (Å²) in [5.41, 5.74) is 2.22. The maximum absolute atomic E-state index is 13.0. The van der Waals surface area contributed by atoms with Gasteiger partial charge in [0.25, 0.3) is 0 Å². The minimum atomic E-state index is -0.559. The number of hydrogen-bond acceptors (Lipinski definition) is 4. The normalized spacial score (nSPS) is 21.9. The molecule has 4 heteroatoms. The molecule has 0 spiro atoms. The van der Waals surface area contributed by atoms with Gasteiger partial charge in [0.15, 0.2) is 5.78 Å². The van der Waals surface area contributed by atoms with Gasteiger partial charge in [-0.05, 0) is 44.1 Å². The fraction of sp³-hybridized carbons (Fsp3) is 0.292. The van der Waals surface area contributed by atoms with Gasteiger partial charge in [0.2, 0.25) is 0 Å². The minimum absolute atomic E-state index is 0.127. The highest BCUT2D eigenvalue weighted by atomic mass is 16.5. The van der Waals surface area contributed by atoms with Gasteiger partial charge in [-0.2, -0.15) is 0 Å². The second kappa shape index (κ2) is 6.26. The molecule has 2 aliphatic rings. The van der Waals surface area contributed by atoms with Crippen LogP contribution >= 0.6 is 0 Å². The summed E-state index contributed by atoms with van der Waals surface area (Å²) in [7, 11) is 0. The third-order valence-corrected chi connectivity index (χ3v) is 5.53. The second-order valence-electron chi connectivity index (χ2n) is 8.03. The number of phenols is 1. The molecule has 4 rings (SSSR count). The van der Waals surface area contributed by atoms with Crippen molar-refractivity contribution in [3.05, 3.63) is 65.2 Å². The van der Waals surface area contributed by atoms with Gasteiger partial charge in [-0.15, -0.1) is 0 Å². The first-order chi connectivity index (χ1) is 13.2. The number of ketones is 1. The van der Waals surface area contributed by atoms with E-state index in [0.29, 0.717) is 28.2 Å². The number of rotatable bonds is 2. The average molecular weight is 376 g/mol. The molecule has 0 radical (unpaired) electrons. The number of ether oxygens (including phenoxy) is 2. The van der Waals surface area contributed by atoms with Crippen molar-refractivity contribution >= 4 is 17.4 Å². The van der Waals surface area contributed by atoms with Crippen molar-refractivity contribution in [2.24, 2.45) is 5.92 Å². The van der Waals surface area contributed by atoms with Crippen LogP contribution in [-0.4, -0.2) is 22.6 Å². The van der Waals surface area contributed by atoms with Crippen molar-refractivity contribution in [1.82, 2.24) is 0 Å². The van der Waals surface area contributed by atoms with E-state index in [1.807, 2.05) is 70.2 Å². The zero-order valence-corrected chi connectivity index (χ0v) is 16.6. The number of Topliss-reactive ketones (excluding diaryl/α,β-unsaturated/α-hetero) is 1. The van der Waals surface area contributed by atoms with Crippen molar-refractivity contribution in [3.8, 4) is 17.2 Å². The second-order valence-corrected chi connectivity index (χ2v) is 8.03. The molecule has 144 valence electrons. The van der Waals surface area contributed by atoms with Crippen LogP contribution in [0.1, 0.15) is 54.7 Å². The van der Waals surface area contributed by atoms with Crippen molar-refractivity contribution < 1.29 is 19.4 Å². The van der Waals surface area contributed by atoms with Crippen LogP contribution in [-0.2, 0) is 0 Å². The summed E-state index contributed by atoms with van der Waals surface area (Å²) in [5, 5.41) is 11.2. The van der Waals surface area contributed by atoms with Crippen LogP contribution in [0.5, 0.6) is 17.2 Å². The van der Waals surface area contributed by atoms with Gasteiger partial charge in [0, 0.05) is 0 Å². The van der Waals surface area contributed by atoms with Gasteiger partial charge in [0.05, 0.1) is 17.0 Å². The molecule has 0 aromatic heterocycles. The van der Waals surface area contributed by atoms with Crippen LogP contribution in [0, 0.1) is 5.92 Å². The molecule has 0 amide bonds. The Morgan fingerprint density at radius 2 is 1.82 bits per heavy atom. The smallest absolute Gasteiger partial charge is 0.176 e. The summed E-state index contributed by atoms with van der Waals surface area (Å²) in [6.45, 7) is 11.8. The number of carbonyl (C=O) groups excluding carboxylic acids is 1. The van der Waals surface area contributed by atoms with Crippen LogP contribution < -0.4 is 9.47 Å². The number of fused-ring (bicyclic) bond motifs is 3. The molecular formula is C24H24O4. The van der Waals surface area contributed by atoms with E-state index >= 15 is 0 Å². The topological polar surface area (TPSA) is 55.8 Å². The van der Waals surface area contributed by atoms with E-state index in [0.717, 1.165) is 5.56 Å². The Bertz CT molecular complexity index is 1010. The number of benzene rings is 2. The summed E-state index contributed by atoms with van der Waals surface area (Å²) in [6, 6.07) is 9.57. The maximum atomic E-state index is 13.0. The lowest BCUT2D eigenvalue weighted by Crippen LogP contribution is -2.35. The first-order valence-corrected chi connectivity index (χ1v) is 9.48. The lowest BCUT2D eigenvalue weighted by Gasteiger charge is -2.35. The Balaban J connectivity index is 2.03. The first kappa shape index (κ1) is 18.4. The highest BCUT2D eigenvalue weighted by Gasteiger charge is 2.40. The van der Waals surface area contributed by atoms with Gasteiger partial charge in [-0.25, -0.2) is 0 Å². The number of aromatic hydroxyl groups is 1. The van der Waals surface area contributed by atoms with Crippen LogP contribution in [0.2, 0.25) is 0 Å². The summed E-state index contributed by atoms with van der Waals surface area (Å²) < 4.78 is 12.3. The molecule has 0 unspecified atom stereocenters. The fourth-order valence-electron chi connectivity index (χ4n) is 3.69. The molecule has 0 saturated heterocycles. The van der Waals surface area contributed by atoms with Crippen LogP contribution in [0.3, 0.4) is 0 Å². The minimum Gasteiger partial charge on any atom is -0.506 e. The van der Waals surface area contributed by atoms with Gasteiger partial charge in [-0.1, -0.05) is 43.8 Å². The Hall–Kier alpha value is -3.01. The largest absolute Gasteiger partial charge is 0.506 e. The Morgan fingerprint density at radius 1 is 1.14 bits per heavy atom. The monoisotopic (exact) mass is 376 g/mol. The SMILES string of the molecule is C=C(c1ccccc1)c1c(O)c2c(c3c1OC(C)(C)C=C3)O[C@H](C)[C@H](C)C2=O. The quantitative estimate of drug-likeness (QED) is 0.779. The van der Waals surface area contributed by atoms with E-state index in [-0.39, 0.29) is 29.1 Å². The molecule has 0 saturated carbocycles. The first-order valence-electron chi connectivity index (χ1n) is 9.48. The molecule has 2 aromatic carbocycles. The molecule has 4 nitrogen and oxygen atoms in total. The van der Waals surface area contributed by atoms with E-state index in [9.17, 15) is 9.90 Å². The number of carbonyl (C=O) groups is 1. The third-order valence-electron chi connectivity index (χ3n) is 5.53. The molecule has 2 aliphatic heterocycles. The molecule has 2 atom stereocenters. The standard InChI is InChI=1S/C24H24O4/c1-13-15(3)27-22-17-11-12-24(4,5)28-23(17)18(21(26)19(22)20(13)25)14(2)16-9-7-6-8-10-16/h6-13,15,26H,2H2,1,3-5H3/t13-,15+/m0/s1. The predicted octanol–water partition coefficient (Wildman–Crippen LogP) is 5.24. The summed E-state index contributed by atoms with van der Waals surface area (Å²) in [5.74, 6) is 0.276. The van der Waals surface area contributed by atoms with Crippen molar-refractivity contribution in [1.29, 1.82) is 0 Å². The van der Waals surface area contributed by atoms with Crippen LogP contribution in [0.4, 0.5) is 0 Å². The zero-order valence-electron chi connectivity index (χ0n) is 16.6. The highest BCUT2D eigenvalue weighted by molar-refractivity contribution is 6.08. The Labute approximate surface area is 165 Å². The molecular weight excluding hydrogens is 352 g/mol. The zero-order chi connectivity index (χ0) is 20.2. The van der Waals surface area contributed by atoms with Crippen molar-refractivity contribution in [2.45, 2.75) is 39.4 Å². The fourth-order valence-corrected chi connectivity index (χ4v) is 3.69. The van der Waals surface area contributed by atoms with Crippen LogP contribution in [0.15, 0.2) is 43.0 Å². The van der Waals surface area contributed by atoms with E-state index in [2.05, 4.69) is 6.58 Å². The molecule has 2 heterocycles. The van der Waals surface area contributed by atoms with E-state index in [1.165, 1.54) is 0 Å². The molecule has 0 fully saturated rings. The number of phenolic OH excluding ortho intramolecular Hbond substituents is 1. The van der Waals surface area contributed by atoms with Crippen molar-refractivity contribution in [3.63, 3.8) is 0 Å². The summed E-state index contributed by atoms with van der Waals surface area (Å²) in [6.07, 6.45) is 3.56. The molecule has 2 aromatic rings. The van der Waals surface area contributed by atoms with Gasteiger partial charge < -0.3 is 14.6 Å². The predicted molar refractivity (Wildman–Crippen MR) is 110 cm³/mol. The van der Waals surface area contributed by atoms with E-state index < -0.39 is 5.60 Å².